The molecular formula is C26H35NO4. The Labute approximate surface area is 185 Å². The van der Waals surface area contributed by atoms with Crippen LogP contribution in [-0.4, -0.2) is 47.5 Å². The summed E-state index contributed by atoms with van der Waals surface area (Å²) in [6.45, 7) is 8.87. The van der Waals surface area contributed by atoms with E-state index in [0.717, 1.165) is 48.6 Å². The van der Waals surface area contributed by atoms with E-state index in [-0.39, 0.29) is 11.0 Å². The van der Waals surface area contributed by atoms with E-state index in [2.05, 4.69) is 37.8 Å². The minimum atomic E-state index is -0.520. The third-order valence-corrected chi connectivity index (χ3v) is 6.83. The number of aliphatic hydroxyl groups is 2. The zero-order valence-electron chi connectivity index (χ0n) is 19.1. The van der Waals surface area contributed by atoms with Gasteiger partial charge in [0.2, 0.25) is 0 Å². The smallest absolute Gasteiger partial charge is 0.129 e. The average Bonchev–Trinajstić information content (AvgIpc) is 2.74. The molecule has 2 aromatic rings. The fourth-order valence-electron chi connectivity index (χ4n) is 4.75. The number of piperidine rings is 1. The highest BCUT2D eigenvalue weighted by Gasteiger charge is 2.43. The molecule has 0 aliphatic carbocycles. The van der Waals surface area contributed by atoms with E-state index in [0.29, 0.717) is 13.0 Å². The van der Waals surface area contributed by atoms with Crippen LogP contribution >= 0.6 is 0 Å². The van der Waals surface area contributed by atoms with Crippen molar-refractivity contribution in [3.8, 4) is 11.5 Å². The van der Waals surface area contributed by atoms with Crippen LogP contribution < -0.4 is 9.47 Å². The van der Waals surface area contributed by atoms with Crippen LogP contribution in [0.2, 0.25) is 0 Å². The molecule has 1 spiro atoms. The molecule has 2 aliphatic heterocycles. The predicted molar refractivity (Wildman–Crippen MR) is 122 cm³/mol. The second-order valence-electron chi connectivity index (χ2n) is 10.1. The van der Waals surface area contributed by atoms with E-state index >= 15 is 0 Å². The van der Waals surface area contributed by atoms with Gasteiger partial charge in [-0.2, -0.15) is 0 Å². The number of β-amino-alcohol motifs (C(OH)–C–C–N with tert-alkyl or cyclic N) is 1. The lowest BCUT2D eigenvalue weighted by Gasteiger charge is -2.46. The van der Waals surface area contributed by atoms with Crippen LogP contribution in [0.3, 0.4) is 0 Å². The van der Waals surface area contributed by atoms with Crippen molar-refractivity contribution in [3.05, 3.63) is 59.2 Å². The third-order valence-electron chi connectivity index (χ3n) is 6.83. The van der Waals surface area contributed by atoms with Gasteiger partial charge in [0, 0.05) is 37.7 Å². The number of likely N-dealkylation sites (tertiary alicyclic amines) is 1. The van der Waals surface area contributed by atoms with Crippen LogP contribution in [0.15, 0.2) is 42.5 Å². The topological polar surface area (TPSA) is 62.2 Å². The molecule has 1 saturated heterocycles. The Morgan fingerprint density at radius 3 is 2.42 bits per heavy atom. The molecule has 1 fully saturated rings. The number of methoxy groups -OCH3 is 1. The largest absolute Gasteiger partial charge is 0.497 e. The highest BCUT2D eigenvalue weighted by molar-refractivity contribution is 5.44. The van der Waals surface area contributed by atoms with Gasteiger partial charge in [0.25, 0.3) is 0 Å². The third kappa shape index (κ3) is 4.74. The Bertz CT molecular complexity index is 895. The first-order valence-corrected chi connectivity index (χ1v) is 11.2. The van der Waals surface area contributed by atoms with Crippen molar-refractivity contribution in [2.45, 2.75) is 63.3 Å². The number of rotatable bonds is 4. The summed E-state index contributed by atoms with van der Waals surface area (Å²) in [7, 11) is 1.64. The van der Waals surface area contributed by atoms with Gasteiger partial charge in [0.05, 0.1) is 19.3 Å². The van der Waals surface area contributed by atoms with Crippen LogP contribution in [0.4, 0.5) is 0 Å². The van der Waals surface area contributed by atoms with Gasteiger partial charge in [-0.15, -0.1) is 0 Å². The Balaban J connectivity index is 1.37. The van der Waals surface area contributed by atoms with Crippen LogP contribution in [0.1, 0.15) is 68.9 Å². The Morgan fingerprint density at radius 1 is 1.13 bits per heavy atom. The summed E-state index contributed by atoms with van der Waals surface area (Å²) >= 11 is 0. The summed E-state index contributed by atoms with van der Waals surface area (Å²) in [5, 5.41) is 21.5. The summed E-state index contributed by atoms with van der Waals surface area (Å²) in [5.41, 5.74) is 2.82. The standard InChI is InChI=1S/C26H35NO4/c1-25(2,3)19-7-5-18(6-8-19)23(29)17-27-13-11-26(12-14-27)16-22(28)21-10-9-20(30-4)15-24(21)31-26/h5-10,15,22-23,28-29H,11-14,16-17H2,1-4H3/t22-,23-/m1/s1. The van der Waals surface area contributed by atoms with Gasteiger partial charge in [-0.25, -0.2) is 0 Å². The van der Waals surface area contributed by atoms with Gasteiger partial charge >= 0.3 is 0 Å². The number of ether oxygens (including phenoxy) is 2. The summed E-state index contributed by atoms with van der Waals surface area (Å²) in [6, 6.07) is 13.9. The maximum absolute atomic E-state index is 10.8. The van der Waals surface area contributed by atoms with Crippen molar-refractivity contribution in [1.29, 1.82) is 0 Å². The Morgan fingerprint density at radius 2 is 1.81 bits per heavy atom. The fraction of sp³-hybridized carbons (Fsp3) is 0.538. The first kappa shape index (κ1) is 22.1. The van der Waals surface area contributed by atoms with Crippen molar-refractivity contribution in [3.63, 3.8) is 0 Å². The van der Waals surface area contributed by atoms with Crippen LogP contribution in [0.5, 0.6) is 11.5 Å². The predicted octanol–water partition coefficient (Wildman–Crippen LogP) is 4.38. The molecule has 2 N–H and O–H groups in total. The lowest BCUT2D eigenvalue weighted by Crippen LogP contribution is -2.51. The van der Waals surface area contributed by atoms with Gasteiger partial charge < -0.3 is 24.6 Å². The first-order chi connectivity index (χ1) is 14.7. The van der Waals surface area contributed by atoms with Gasteiger partial charge in [-0.1, -0.05) is 45.0 Å². The van der Waals surface area contributed by atoms with Gasteiger partial charge in [0.15, 0.2) is 0 Å². The fourth-order valence-corrected chi connectivity index (χ4v) is 4.75. The van der Waals surface area contributed by atoms with Crippen molar-refractivity contribution >= 4 is 0 Å². The van der Waals surface area contributed by atoms with Crippen LogP contribution in [0.25, 0.3) is 0 Å². The molecule has 5 nitrogen and oxygen atoms in total. The molecular weight excluding hydrogens is 390 g/mol. The number of nitrogens with zero attached hydrogens (tertiary/aromatic N) is 1. The van der Waals surface area contributed by atoms with Gasteiger partial charge in [-0.05, 0) is 41.5 Å². The molecule has 2 aliphatic rings. The zero-order chi connectivity index (χ0) is 22.2. The van der Waals surface area contributed by atoms with E-state index in [1.807, 2.05) is 30.3 Å². The molecule has 0 unspecified atom stereocenters. The molecule has 4 rings (SSSR count). The number of hydrogen-bond acceptors (Lipinski definition) is 5. The Hall–Kier alpha value is -2.08. The van der Waals surface area contributed by atoms with Crippen LogP contribution in [-0.2, 0) is 5.41 Å². The van der Waals surface area contributed by atoms with Crippen molar-refractivity contribution in [2.24, 2.45) is 0 Å². The lowest BCUT2D eigenvalue weighted by molar-refractivity contribution is -0.0588. The lowest BCUT2D eigenvalue weighted by atomic mass is 9.81. The SMILES string of the molecule is COc1ccc2c(c1)OC1(CCN(C[C@@H](O)c3ccc(C(C)(C)C)cc3)CC1)C[C@H]2O. The molecule has 0 radical (unpaired) electrons. The van der Waals surface area contributed by atoms with Gasteiger partial charge in [0.1, 0.15) is 17.1 Å². The molecule has 2 aromatic carbocycles. The summed E-state index contributed by atoms with van der Waals surface area (Å²) < 4.78 is 11.7. The second kappa shape index (κ2) is 8.45. The monoisotopic (exact) mass is 425 g/mol. The van der Waals surface area contributed by atoms with Crippen molar-refractivity contribution < 1.29 is 19.7 Å². The molecule has 2 atom stereocenters. The molecule has 31 heavy (non-hydrogen) atoms. The van der Waals surface area contributed by atoms with E-state index < -0.39 is 12.2 Å². The number of fused-ring (bicyclic) bond motifs is 1. The van der Waals surface area contributed by atoms with Gasteiger partial charge in [-0.3, -0.25) is 0 Å². The molecule has 2 heterocycles. The highest BCUT2D eigenvalue weighted by atomic mass is 16.5. The second-order valence-corrected chi connectivity index (χ2v) is 10.1. The van der Waals surface area contributed by atoms with Crippen molar-refractivity contribution in [2.75, 3.05) is 26.7 Å². The minimum absolute atomic E-state index is 0.109. The van der Waals surface area contributed by atoms with E-state index in [9.17, 15) is 10.2 Å². The van der Waals surface area contributed by atoms with E-state index in [1.165, 1.54) is 5.56 Å². The maximum Gasteiger partial charge on any atom is 0.129 e. The molecule has 0 aromatic heterocycles. The van der Waals surface area contributed by atoms with Crippen molar-refractivity contribution in [1.82, 2.24) is 4.90 Å². The number of benzene rings is 2. The van der Waals surface area contributed by atoms with E-state index in [4.69, 9.17) is 9.47 Å². The van der Waals surface area contributed by atoms with Crippen LogP contribution in [0, 0.1) is 0 Å². The maximum atomic E-state index is 10.8. The first-order valence-electron chi connectivity index (χ1n) is 11.2. The highest BCUT2D eigenvalue weighted by Crippen LogP contribution is 2.45. The molecule has 0 bridgehead atoms. The molecule has 168 valence electrons. The minimum Gasteiger partial charge on any atom is -0.497 e. The summed E-state index contributed by atoms with van der Waals surface area (Å²) in [4.78, 5) is 2.30. The molecule has 0 saturated carbocycles. The van der Waals surface area contributed by atoms with E-state index in [1.54, 1.807) is 7.11 Å². The number of hydrogen-bond donors (Lipinski definition) is 2. The number of aliphatic hydroxyl groups excluding tert-OH is 2. The summed E-state index contributed by atoms with van der Waals surface area (Å²) in [6.07, 6.45) is 1.24. The molecule has 0 amide bonds. The average molecular weight is 426 g/mol. The zero-order valence-corrected chi connectivity index (χ0v) is 19.1. The summed E-state index contributed by atoms with van der Waals surface area (Å²) in [5.74, 6) is 1.46. The Kier molecular flexibility index (Phi) is 6.03. The quantitative estimate of drug-likeness (QED) is 0.761. The molecule has 5 heteroatoms. The normalized spacial score (nSPS) is 21.9.